The van der Waals surface area contributed by atoms with Crippen LogP contribution >= 0.6 is 0 Å². The zero-order valence-electron chi connectivity index (χ0n) is 12.7. The fraction of sp³-hybridized carbons (Fsp3) is 0.316. The van der Waals surface area contributed by atoms with Crippen molar-refractivity contribution in [1.82, 2.24) is 4.90 Å². The average Bonchev–Trinajstić information content (AvgIpc) is 2.56. The second kappa shape index (κ2) is 5.71. The van der Waals surface area contributed by atoms with Gasteiger partial charge in [0.25, 0.3) is 0 Å². The predicted molar refractivity (Wildman–Crippen MR) is 86.0 cm³/mol. The first kappa shape index (κ1) is 13.9. The van der Waals surface area contributed by atoms with E-state index in [9.17, 15) is 5.26 Å². The molecule has 0 radical (unpaired) electrons. The van der Waals surface area contributed by atoms with E-state index in [1.54, 1.807) is 0 Å². The summed E-state index contributed by atoms with van der Waals surface area (Å²) >= 11 is 0. The van der Waals surface area contributed by atoms with Gasteiger partial charge in [-0.2, -0.15) is 5.26 Å². The van der Waals surface area contributed by atoms with Gasteiger partial charge in [-0.05, 0) is 53.8 Å². The summed E-state index contributed by atoms with van der Waals surface area (Å²) in [7, 11) is 0. The molecule has 1 heterocycles. The highest BCUT2D eigenvalue weighted by Crippen LogP contribution is 2.34. The van der Waals surface area contributed by atoms with Gasteiger partial charge < -0.3 is 0 Å². The molecule has 3 rings (SSSR count). The predicted octanol–water partition coefficient (Wildman–Crippen LogP) is 3.91. The molecule has 0 spiro atoms. The molecular formula is C19H20N2. The molecule has 0 N–H and O–H groups in total. The molecule has 0 unspecified atom stereocenters. The van der Waals surface area contributed by atoms with Crippen molar-refractivity contribution < 1.29 is 0 Å². The molecule has 0 saturated heterocycles. The van der Waals surface area contributed by atoms with Crippen molar-refractivity contribution in [2.75, 3.05) is 13.1 Å². The summed E-state index contributed by atoms with van der Waals surface area (Å²) in [6.07, 6.45) is 1.07. The summed E-state index contributed by atoms with van der Waals surface area (Å²) in [4.78, 5) is 2.45. The molecule has 1 aliphatic rings. The van der Waals surface area contributed by atoms with Crippen molar-refractivity contribution in [2.45, 2.75) is 26.8 Å². The SMILES string of the molecule is CCN1CCc2c(-c3ccccc3)cc(C#N)c(C)c2C1. The first-order chi connectivity index (χ1) is 10.2. The molecule has 0 saturated carbocycles. The molecule has 0 bridgehead atoms. The smallest absolute Gasteiger partial charge is 0.0994 e. The standard InChI is InChI=1S/C19H20N2/c1-3-21-10-9-17-18(15-7-5-4-6-8-15)11-16(12-20)14(2)19(17)13-21/h4-8,11H,3,9-10,13H2,1-2H3. The van der Waals surface area contributed by atoms with Crippen LogP contribution < -0.4 is 0 Å². The Morgan fingerprint density at radius 1 is 1.19 bits per heavy atom. The molecule has 0 aliphatic carbocycles. The van der Waals surface area contributed by atoms with Gasteiger partial charge in [0.15, 0.2) is 0 Å². The number of rotatable bonds is 2. The van der Waals surface area contributed by atoms with Gasteiger partial charge in [-0.1, -0.05) is 37.3 Å². The number of fused-ring (bicyclic) bond motifs is 1. The van der Waals surface area contributed by atoms with Crippen molar-refractivity contribution in [2.24, 2.45) is 0 Å². The highest BCUT2D eigenvalue weighted by Gasteiger charge is 2.22. The van der Waals surface area contributed by atoms with Gasteiger partial charge in [-0.25, -0.2) is 0 Å². The highest BCUT2D eigenvalue weighted by molar-refractivity contribution is 5.72. The number of nitriles is 1. The highest BCUT2D eigenvalue weighted by atomic mass is 15.1. The first-order valence-corrected chi connectivity index (χ1v) is 7.57. The van der Waals surface area contributed by atoms with Gasteiger partial charge in [-0.15, -0.1) is 0 Å². The van der Waals surface area contributed by atoms with Crippen molar-refractivity contribution in [3.63, 3.8) is 0 Å². The van der Waals surface area contributed by atoms with Crippen LogP contribution in [0.2, 0.25) is 0 Å². The lowest BCUT2D eigenvalue weighted by Gasteiger charge is -2.31. The lowest BCUT2D eigenvalue weighted by atomic mass is 9.85. The van der Waals surface area contributed by atoms with Crippen LogP contribution in [0.15, 0.2) is 36.4 Å². The minimum absolute atomic E-state index is 0.811. The van der Waals surface area contributed by atoms with Crippen molar-refractivity contribution >= 4 is 0 Å². The molecule has 0 amide bonds. The quantitative estimate of drug-likeness (QED) is 0.831. The number of nitrogens with zero attached hydrogens (tertiary/aromatic N) is 2. The summed E-state index contributed by atoms with van der Waals surface area (Å²) in [6.45, 7) is 7.43. The fourth-order valence-corrected chi connectivity index (χ4v) is 3.22. The molecule has 2 aromatic rings. The molecule has 2 aromatic carbocycles. The van der Waals surface area contributed by atoms with Gasteiger partial charge in [0.2, 0.25) is 0 Å². The molecule has 2 heteroatoms. The van der Waals surface area contributed by atoms with Crippen LogP contribution in [-0.2, 0) is 13.0 Å². The largest absolute Gasteiger partial charge is 0.299 e. The average molecular weight is 276 g/mol. The van der Waals surface area contributed by atoms with E-state index in [0.717, 1.165) is 37.2 Å². The molecule has 106 valence electrons. The Kier molecular flexibility index (Phi) is 3.77. The van der Waals surface area contributed by atoms with Gasteiger partial charge in [-0.3, -0.25) is 4.90 Å². The zero-order valence-corrected chi connectivity index (χ0v) is 12.7. The van der Waals surface area contributed by atoms with E-state index in [4.69, 9.17) is 0 Å². The minimum Gasteiger partial charge on any atom is -0.299 e. The molecule has 1 aliphatic heterocycles. The number of likely N-dealkylation sites (N-methyl/N-ethyl adjacent to an activating group) is 1. The molecule has 21 heavy (non-hydrogen) atoms. The van der Waals surface area contributed by atoms with Crippen LogP contribution in [0.1, 0.15) is 29.2 Å². The molecule has 0 fully saturated rings. The monoisotopic (exact) mass is 276 g/mol. The van der Waals surface area contributed by atoms with Crippen molar-refractivity contribution in [3.05, 3.63) is 58.7 Å². The van der Waals surface area contributed by atoms with E-state index < -0.39 is 0 Å². The van der Waals surface area contributed by atoms with Crippen LogP contribution in [0.25, 0.3) is 11.1 Å². The van der Waals surface area contributed by atoms with Crippen LogP contribution in [0.5, 0.6) is 0 Å². The zero-order chi connectivity index (χ0) is 14.8. The van der Waals surface area contributed by atoms with Crippen LogP contribution in [0.4, 0.5) is 0 Å². The Morgan fingerprint density at radius 2 is 1.95 bits per heavy atom. The van der Waals surface area contributed by atoms with E-state index in [0.29, 0.717) is 0 Å². The Labute approximate surface area is 126 Å². The lowest BCUT2D eigenvalue weighted by molar-refractivity contribution is 0.267. The number of hydrogen-bond acceptors (Lipinski definition) is 2. The third-order valence-electron chi connectivity index (χ3n) is 4.55. The van der Waals surface area contributed by atoms with Gasteiger partial charge in [0.1, 0.15) is 0 Å². The summed E-state index contributed by atoms with van der Waals surface area (Å²) in [6, 6.07) is 14.9. The van der Waals surface area contributed by atoms with Crippen LogP contribution in [0.3, 0.4) is 0 Å². The molecule has 0 aromatic heterocycles. The number of hydrogen-bond donors (Lipinski definition) is 0. The third-order valence-corrected chi connectivity index (χ3v) is 4.55. The minimum atomic E-state index is 0.811. The molecule has 0 atom stereocenters. The number of benzene rings is 2. The van der Waals surface area contributed by atoms with E-state index in [2.05, 4.69) is 55.1 Å². The Bertz CT molecular complexity index is 696. The molecular weight excluding hydrogens is 256 g/mol. The third kappa shape index (κ3) is 2.46. The Morgan fingerprint density at radius 3 is 2.62 bits per heavy atom. The van der Waals surface area contributed by atoms with Crippen LogP contribution in [-0.4, -0.2) is 18.0 Å². The van der Waals surface area contributed by atoms with E-state index in [1.165, 1.54) is 22.3 Å². The maximum Gasteiger partial charge on any atom is 0.0994 e. The maximum atomic E-state index is 9.45. The summed E-state index contributed by atoms with van der Waals surface area (Å²) in [5.74, 6) is 0. The van der Waals surface area contributed by atoms with Crippen molar-refractivity contribution in [3.8, 4) is 17.2 Å². The molecule has 2 nitrogen and oxygen atoms in total. The summed E-state index contributed by atoms with van der Waals surface area (Å²) in [5, 5.41) is 9.45. The maximum absolute atomic E-state index is 9.45. The Balaban J connectivity index is 2.21. The Hall–Kier alpha value is -2.11. The first-order valence-electron chi connectivity index (χ1n) is 7.57. The van der Waals surface area contributed by atoms with E-state index >= 15 is 0 Å². The summed E-state index contributed by atoms with van der Waals surface area (Å²) in [5.41, 5.74) is 7.22. The van der Waals surface area contributed by atoms with E-state index in [1.807, 2.05) is 6.07 Å². The van der Waals surface area contributed by atoms with Crippen molar-refractivity contribution in [1.29, 1.82) is 5.26 Å². The lowest BCUT2D eigenvalue weighted by Crippen LogP contribution is -2.31. The normalized spacial score (nSPS) is 14.5. The van der Waals surface area contributed by atoms with Gasteiger partial charge in [0.05, 0.1) is 11.6 Å². The fourth-order valence-electron chi connectivity index (χ4n) is 3.22. The topological polar surface area (TPSA) is 27.0 Å². The summed E-state index contributed by atoms with van der Waals surface area (Å²) < 4.78 is 0. The van der Waals surface area contributed by atoms with Gasteiger partial charge >= 0.3 is 0 Å². The van der Waals surface area contributed by atoms with E-state index in [-0.39, 0.29) is 0 Å². The second-order valence-corrected chi connectivity index (χ2v) is 5.65. The second-order valence-electron chi connectivity index (χ2n) is 5.65. The van der Waals surface area contributed by atoms with Gasteiger partial charge in [0, 0.05) is 13.1 Å². The van der Waals surface area contributed by atoms with Crippen LogP contribution in [0, 0.1) is 18.3 Å².